The van der Waals surface area contributed by atoms with Crippen LogP contribution in [0.25, 0.3) is 155 Å². The number of nitrogens with zero attached hydrogens (tertiary/aromatic N) is 4. The fourth-order valence-electron chi connectivity index (χ4n) is 19.2. The van der Waals surface area contributed by atoms with E-state index in [2.05, 4.69) is 366 Å². The van der Waals surface area contributed by atoms with Crippen LogP contribution in [-0.2, 0) is 16.2 Å². The van der Waals surface area contributed by atoms with E-state index >= 15 is 0 Å². The Hall–Kier alpha value is -14.8. The van der Waals surface area contributed by atoms with Crippen molar-refractivity contribution in [1.29, 1.82) is 0 Å². The van der Waals surface area contributed by atoms with Gasteiger partial charge < -0.3 is 18.9 Å². The first kappa shape index (κ1) is 68.8. The molecule has 0 fully saturated rings. The van der Waals surface area contributed by atoms with Gasteiger partial charge in [-0.05, 0) is 242 Å². The summed E-state index contributed by atoms with van der Waals surface area (Å²) in [5.74, 6) is 0. The van der Waals surface area contributed by atoms with Gasteiger partial charge in [-0.25, -0.2) is 0 Å². The van der Waals surface area contributed by atoms with E-state index in [0.717, 1.165) is 150 Å². The van der Waals surface area contributed by atoms with E-state index < -0.39 is 23.0 Å². The second-order valence-electron chi connectivity index (χ2n) is 36.6. The number of para-hydroxylation sites is 3. The molecule has 22 rings (SSSR count). The second kappa shape index (κ2) is 30.1. The Morgan fingerprint density at radius 3 is 0.896 bits per heavy atom. The molecule has 4 heterocycles. The quantitative estimate of drug-likeness (QED) is 0.107. The highest BCUT2D eigenvalue weighted by Crippen LogP contribution is 2.57. The number of anilines is 6. The SMILES string of the molecule is [2H]c1c(-c2ccccc2)c(N2c3cc(-n4c5ccccc5c5ccccc54)ccc3B3c4ccc(-n5c6ccccc6c6c([2H])c(-c7ccccc7)c([2H])c([2H])c65)cc4N(c4c(-c5ccccc5)c([2H])c(C(C)(C)C)c([2H])c4-c4cccc(-c5cccc(-c6ccccc6)c5)c4)c4cc(C(C)(C)C)cc2c43)c(-c2cccc(-c3cccc(-c4ccccc4)c3)c2)c([2H])c1C(C)(C)C. The van der Waals surface area contributed by atoms with E-state index in [1.807, 2.05) is 84.9 Å². The zero-order chi connectivity index (χ0) is 90.7. The normalized spacial score (nSPS) is 13.4. The summed E-state index contributed by atoms with van der Waals surface area (Å²) in [7, 11) is 0. The molecule has 5 heteroatoms. The largest absolute Gasteiger partial charge is 0.310 e. The van der Waals surface area contributed by atoms with Gasteiger partial charge in [0, 0.05) is 77.9 Å². The van der Waals surface area contributed by atoms with Crippen LogP contribution >= 0.6 is 0 Å². The molecule has 0 radical (unpaired) electrons. The third kappa shape index (κ3) is 13.3. The van der Waals surface area contributed by atoms with Crippen LogP contribution in [0, 0.1) is 0 Å². The van der Waals surface area contributed by atoms with Gasteiger partial charge in [0.2, 0.25) is 0 Å². The summed E-state index contributed by atoms with van der Waals surface area (Å²) in [5.41, 5.74) is 27.0. The van der Waals surface area contributed by atoms with Gasteiger partial charge in [-0.1, -0.05) is 360 Å². The molecule has 0 atom stereocenters. The lowest BCUT2D eigenvalue weighted by molar-refractivity contribution is 0.590. The van der Waals surface area contributed by atoms with E-state index in [-0.39, 0.29) is 42.3 Å². The minimum absolute atomic E-state index is 0.0190. The Bertz CT molecular complexity index is 8050. The topological polar surface area (TPSA) is 16.3 Å². The molecule has 2 aliphatic heterocycles. The molecular weight excluding hydrogens is 1510 g/mol. The minimum atomic E-state index is -0.758. The molecular formula is C120H95BN4. The van der Waals surface area contributed by atoms with E-state index in [9.17, 15) is 9.60 Å². The lowest BCUT2D eigenvalue weighted by atomic mass is 9.33. The van der Waals surface area contributed by atoms with E-state index in [1.54, 1.807) is 0 Å². The maximum absolute atomic E-state index is 11.5. The summed E-state index contributed by atoms with van der Waals surface area (Å²) in [4.78, 5) is 4.85. The zero-order valence-corrected chi connectivity index (χ0v) is 71.6. The minimum Gasteiger partial charge on any atom is -0.310 e. The smallest absolute Gasteiger partial charge is 0.252 e. The van der Waals surface area contributed by atoms with Crippen molar-refractivity contribution in [2.75, 3.05) is 9.80 Å². The standard InChI is InChI=1S/C120H95BN4/c1-118(2,3)92-70-100(81-41-21-13-22-42-81)116(102(72-92)90-51-33-49-87(67-90)85-47-31-45-83(65-85)78-35-15-10-16-36-78)124-111-76-95(122-107-56-28-25-53-97(107)98-54-26-29-57-108(98)122)60-62-105(111)121-106-63-61-96(123-109-58-30-27-55-99(109)104-69-89(59-64-110(104)123)80-39-19-12-20-40-80)77-112(106)125(114-75-94(120(7,8)9)74-113(124)115(114)121)117-101(82-43-23-14-24-44-82)71-93(119(4,5)6)73-103(117)91-52-34-50-88(68-91)86-48-32-46-84(66-86)79-37-17-11-18-38-79/h10-77H,1-9H3/i59D,64D,69D,70D,71D,72D,73D. The van der Waals surface area contributed by atoms with Crippen molar-refractivity contribution in [2.45, 2.75) is 78.6 Å². The van der Waals surface area contributed by atoms with Crippen molar-refractivity contribution in [3.8, 4) is 112 Å². The van der Waals surface area contributed by atoms with Crippen LogP contribution in [-0.4, -0.2) is 15.8 Å². The van der Waals surface area contributed by atoms with Gasteiger partial charge in [-0.3, -0.25) is 0 Å². The van der Waals surface area contributed by atoms with Gasteiger partial charge in [0.25, 0.3) is 6.71 Å². The first-order valence-corrected chi connectivity index (χ1v) is 43.5. The third-order valence-corrected chi connectivity index (χ3v) is 25.4. The van der Waals surface area contributed by atoms with Crippen molar-refractivity contribution >= 4 is 101 Å². The van der Waals surface area contributed by atoms with Crippen LogP contribution < -0.4 is 26.2 Å². The number of rotatable bonds is 13. The van der Waals surface area contributed by atoms with Crippen LogP contribution in [0.3, 0.4) is 0 Å². The lowest BCUT2D eigenvalue weighted by Gasteiger charge is -2.47. The fraction of sp³-hybridized carbons (Fsp3) is 0.100. The lowest BCUT2D eigenvalue weighted by Crippen LogP contribution is -2.61. The molecule has 0 aliphatic carbocycles. The molecule has 125 heavy (non-hydrogen) atoms. The molecule has 0 bridgehead atoms. The summed E-state index contributed by atoms with van der Waals surface area (Å²) >= 11 is 0. The fourth-order valence-corrected chi connectivity index (χ4v) is 19.2. The first-order chi connectivity index (χ1) is 63.9. The van der Waals surface area contributed by atoms with E-state index in [0.29, 0.717) is 72.5 Å². The molecule has 0 saturated heterocycles. The van der Waals surface area contributed by atoms with Crippen molar-refractivity contribution in [3.05, 3.63) is 429 Å². The predicted molar refractivity (Wildman–Crippen MR) is 534 cm³/mol. The molecule has 0 saturated carbocycles. The molecule has 0 spiro atoms. The molecule has 2 aliphatic rings. The van der Waals surface area contributed by atoms with Crippen LogP contribution in [0.2, 0.25) is 0 Å². The highest BCUT2D eigenvalue weighted by Gasteiger charge is 2.47. The van der Waals surface area contributed by atoms with Crippen molar-refractivity contribution in [2.24, 2.45) is 0 Å². The molecule has 4 nitrogen and oxygen atoms in total. The predicted octanol–water partition coefficient (Wildman–Crippen LogP) is 30.9. The van der Waals surface area contributed by atoms with Crippen LogP contribution in [0.15, 0.2) is 412 Å². The Labute approximate surface area is 743 Å². The third-order valence-electron chi connectivity index (χ3n) is 25.4. The van der Waals surface area contributed by atoms with Crippen molar-refractivity contribution in [3.63, 3.8) is 0 Å². The molecule has 598 valence electrons. The van der Waals surface area contributed by atoms with E-state index in [4.69, 9.17) is 0 Å². The Morgan fingerprint density at radius 2 is 0.520 bits per heavy atom. The molecule has 0 amide bonds. The average molecular weight is 1610 g/mol. The number of hydrogen-bond acceptors (Lipinski definition) is 2. The maximum Gasteiger partial charge on any atom is 0.252 e. The number of aromatic nitrogens is 2. The van der Waals surface area contributed by atoms with Gasteiger partial charge in [-0.2, -0.15) is 0 Å². The van der Waals surface area contributed by atoms with Crippen LogP contribution in [0.4, 0.5) is 34.1 Å². The van der Waals surface area contributed by atoms with Gasteiger partial charge in [-0.15, -0.1) is 0 Å². The first-order valence-electron chi connectivity index (χ1n) is 47.0. The Balaban J connectivity index is 0.924. The monoisotopic (exact) mass is 1610 g/mol. The molecule has 0 unspecified atom stereocenters. The van der Waals surface area contributed by atoms with Gasteiger partial charge in [0.1, 0.15) is 0 Å². The molecule has 20 aromatic rings. The summed E-state index contributed by atoms with van der Waals surface area (Å²) in [5, 5.41) is 3.54. The zero-order valence-electron chi connectivity index (χ0n) is 78.6. The maximum atomic E-state index is 11.5. The van der Waals surface area contributed by atoms with Crippen molar-refractivity contribution < 1.29 is 9.60 Å². The highest BCUT2D eigenvalue weighted by atomic mass is 15.2. The van der Waals surface area contributed by atoms with Crippen molar-refractivity contribution in [1.82, 2.24) is 9.13 Å². The van der Waals surface area contributed by atoms with Gasteiger partial charge >= 0.3 is 0 Å². The summed E-state index contributed by atoms with van der Waals surface area (Å²) in [6.07, 6.45) is 0. The average Bonchev–Trinajstić information content (AvgIpc) is 0.716. The second-order valence-corrected chi connectivity index (χ2v) is 36.6. The summed E-state index contributed by atoms with van der Waals surface area (Å²) in [6, 6.07) is 131. The number of benzene rings is 18. The summed E-state index contributed by atoms with van der Waals surface area (Å²) < 4.78 is 81.3. The Kier molecular flexibility index (Phi) is 16.6. The summed E-state index contributed by atoms with van der Waals surface area (Å²) in [6.45, 7) is 18.9. The van der Waals surface area contributed by atoms with Gasteiger partial charge in [0.15, 0.2) is 0 Å². The molecule has 0 N–H and O–H groups in total. The molecule has 2 aromatic heterocycles. The van der Waals surface area contributed by atoms with Crippen LogP contribution in [0.5, 0.6) is 0 Å². The van der Waals surface area contributed by atoms with E-state index in [1.165, 1.54) is 0 Å². The number of fused-ring (bicyclic) bond motifs is 10. The van der Waals surface area contributed by atoms with Crippen LogP contribution in [0.1, 0.15) is 88.6 Å². The highest BCUT2D eigenvalue weighted by molar-refractivity contribution is 7.00. The molecule has 18 aromatic carbocycles. The van der Waals surface area contributed by atoms with Gasteiger partial charge in [0.05, 0.1) is 43.0 Å². The number of hydrogen-bond donors (Lipinski definition) is 0. The Morgan fingerprint density at radius 1 is 0.224 bits per heavy atom.